The number of ether oxygens (including phenoxy) is 1. The molecule has 1 heterocycles. The summed E-state index contributed by atoms with van der Waals surface area (Å²) in [6, 6.07) is 0. The largest absolute Gasteiger partial charge is 0.440 e. The molecule has 1 N–H and O–H groups in total. The van der Waals surface area contributed by atoms with Crippen LogP contribution in [-0.2, 0) is 17.8 Å². The van der Waals surface area contributed by atoms with Crippen molar-refractivity contribution in [1.29, 1.82) is 0 Å². The lowest BCUT2D eigenvalue weighted by Gasteiger charge is -2.09. The fraction of sp³-hybridized carbons (Fsp3) is 0.625. The van der Waals surface area contributed by atoms with E-state index in [9.17, 15) is 18.0 Å². The number of amides is 1. The van der Waals surface area contributed by atoms with Gasteiger partial charge in [-0.3, -0.25) is 0 Å². The maximum Gasteiger partial charge on any atom is 0.422 e. The number of aryl methyl sites for hydroxylation is 1. The Hall–Kier alpha value is -1.80. The number of hydrogen-bond acceptors (Lipinski definition) is 4. The average Bonchev–Trinajstić information content (AvgIpc) is 2.69. The lowest BCUT2D eigenvalue weighted by molar-refractivity contribution is -0.160. The van der Waals surface area contributed by atoms with E-state index in [4.69, 9.17) is 0 Å². The number of hydrogen-bond donors (Lipinski definition) is 1. The molecule has 0 aromatic carbocycles. The molecule has 0 unspecified atom stereocenters. The maximum absolute atomic E-state index is 11.7. The van der Waals surface area contributed by atoms with E-state index in [-0.39, 0.29) is 6.54 Å². The lowest BCUT2D eigenvalue weighted by Crippen LogP contribution is -2.29. The van der Waals surface area contributed by atoms with Crippen molar-refractivity contribution in [3.8, 4) is 0 Å². The zero-order valence-corrected chi connectivity index (χ0v) is 8.99. The quantitative estimate of drug-likeness (QED) is 0.870. The van der Waals surface area contributed by atoms with Gasteiger partial charge in [0.1, 0.15) is 6.33 Å². The second-order valence-electron chi connectivity index (χ2n) is 3.08. The summed E-state index contributed by atoms with van der Waals surface area (Å²) in [6.45, 7) is 0.792. The van der Waals surface area contributed by atoms with Gasteiger partial charge in [0, 0.05) is 6.54 Å². The number of aromatic nitrogens is 3. The summed E-state index contributed by atoms with van der Waals surface area (Å²) in [5.41, 5.74) is 0. The molecule has 9 heteroatoms. The third-order valence-electron chi connectivity index (χ3n) is 1.79. The topological polar surface area (TPSA) is 69.0 Å². The van der Waals surface area contributed by atoms with Crippen molar-refractivity contribution < 1.29 is 22.7 Å². The minimum atomic E-state index is -4.53. The van der Waals surface area contributed by atoms with Gasteiger partial charge in [-0.05, 0) is 6.92 Å². The summed E-state index contributed by atoms with van der Waals surface area (Å²) in [7, 11) is 0. The summed E-state index contributed by atoms with van der Waals surface area (Å²) in [6.07, 6.45) is -4.22. The van der Waals surface area contributed by atoms with Gasteiger partial charge < -0.3 is 14.6 Å². The van der Waals surface area contributed by atoms with Crippen LogP contribution in [-0.4, -0.2) is 33.6 Å². The summed E-state index contributed by atoms with van der Waals surface area (Å²) in [4.78, 5) is 10.9. The van der Waals surface area contributed by atoms with E-state index in [0.29, 0.717) is 12.4 Å². The van der Waals surface area contributed by atoms with E-state index < -0.39 is 18.9 Å². The molecule has 0 aliphatic rings. The standard InChI is InChI=1S/C8H11F3N4O2/c1-2-15-5-13-14-6(15)3-12-7(16)17-4-8(9,10)11/h5H,2-4H2,1H3,(H,12,16). The molecule has 0 saturated heterocycles. The summed E-state index contributed by atoms with van der Waals surface area (Å²) >= 11 is 0. The lowest BCUT2D eigenvalue weighted by atomic mass is 10.5. The van der Waals surface area contributed by atoms with Crippen LogP contribution in [0.5, 0.6) is 0 Å². The zero-order chi connectivity index (χ0) is 12.9. The fourth-order valence-electron chi connectivity index (χ4n) is 1.03. The molecule has 0 radical (unpaired) electrons. The molecule has 0 saturated carbocycles. The SMILES string of the molecule is CCn1cnnc1CNC(=O)OCC(F)(F)F. The van der Waals surface area contributed by atoms with Gasteiger partial charge >= 0.3 is 12.3 Å². The highest BCUT2D eigenvalue weighted by atomic mass is 19.4. The molecule has 6 nitrogen and oxygen atoms in total. The number of nitrogens with one attached hydrogen (secondary N) is 1. The molecule has 0 fully saturated rings. The molecule has 17 heavy (non-hydrogen) atoms. The number of alkyl carbamates (subject to hydrolysis) is 1. The smallest absolute Gasteiger partial charge is 0.422 e. The predicted octanol–water partition coefficient (Wildman–Crippen LogP) is 1.09. The molecule has 1 aromatic rings. The van der Waals surface area contributed by atoms with Crippen LogP contribution in [0.4, 0.5) is 18.0 Å². The Morgan fingerprint density at radius 3 is 2.88 bits per heavy atom. The number of nitrogens with zero attached hydrogens (tertiary/aromatic N) is 3. The Morgan fingerprint density at radius 2 is 2.29 bits per heavy atom. The minimum absolute atomic E-state index is 0.0372. The minimum Gasteiger partial charge on any atom is -0.440 e. The van der Waals surface area contributed by atoms with Crippen LogP contribution in [0.25, 0.3) is 0 Å². The van der Waals surface area contributed by atoms with Gasteiger partial charge in [-0.2, -0.15) is 13.2 Å². The Bertz CT molecular complexity index is 377. The van der Waals surface area contributed by atoms with E-state index in [0.717, 1.165) is 0 Å². The number of carbonyl (C=O) groups excluding carboxylic acids is 1. The van der Waals surface area contributed by atoms with Crippen molar-refractivity contribution in [3.63, 3.8) is 0 Å². The monoisotopic (exact) mass is 252 g/mol. The van der Waals surface area contributed by atoms with Crippen LogP contribution in [0.15, 0.2) is 6.33 Å². The first kappa shape index (κ1) is 13.3. The van der Waals surface area contributed by atoms with Crippen molar-refractivity contribution in [2.24, 2.45) is 0 Å². The van der Waals surface area contributed by atoms with E-state index in [1.54, 1.807) is 4.57 Å². The van der Waals surface area contributed by atoms with Crippen molar-refractivity contribution >= 4 is 6.09 Å². The number of carbonyl (C=O) groups is 1. The summed E-state index contributed by atoms with van der Waals surface area (Å²) in [5, 5.41) is 9.43. The molecule has 0 spiro atoms. The van der Waals surface area contributed by atoms with Crippen LogP contribution in [0.2, 0.25) is 0 Å². The molecule has 96 valence electrons. The molecule has 0 atom stereocenters. The van der Waals surface area contributed by atoms with Crippen LogP contribution in [0.1, 0.15) is 12.7 Å². The summed E-state index contributed by atoms with van der Waals surface area (Å²) < 4.78 is 40.7. The number of rotatable bonds is 4. The zero-order valence-electron chi connectivity index (χ0n) is 8.99. The van der Waals surface area contributed by atoms with E-state index >= 15 is 0 Å². The molecular weight excluding hydrogens is 241 g/mol. The van der Waals surface area contributed by atoms with E-state index in [1.165, 1.54) is 6.33 Å². The first-order valence-electron chi connectivity index (χ1n) is 4.76. The Morgan fingerprint density at radius 1 is 1.59 bits per heavy atom. The molecular formula is C8H11F3N4O2. The third-order valence-corrected chi connectivity index (χ3v) is 1.79. The van der Waals surface area contributed by atoms with Gasteiger partial charge in [-0.25, -0.2) is 4.79 Å². The highest BCUT2D eigenvalue weighted by Gasteiger charge is 2.29. The van der Waals surface area contributed by atoms with Crippen molar-refractivity contribution in [2.75, 3.05) is 6.61 Å². The third kappa shape index (κ3) is 4.70. The fourth-order valence-corrected chi connectivity index (χ4v) is 1.03. The average molecular weight is 252 g/mol. The van der Waals surface area contributed by atoms with Gasteiger partial charge in [0.15, 0.2) is 12.4 Å². The molecule has 1 rings (SSSR count). The molecule has 1 amide bonds. The van der Waals surface area contributed by atoms with Crippen molar-refractivity contribution in [2.45, 2.75) is 26.2 Å². The number of halogens is 3. The van der Waals surface area contributed by atoms with Gasteiger partial charge in [0.2, 0.25) is 0 Å². The van der Waals surface area contributed by atoms with Gasteiger partial charge in [0.25, 0.3) is 0 Å². The molecule has 0 aliphatic heterocycles. The van der Waals surface area contributed by atoms with Gasteiger partial charge in [0.05, 0.1) is 6.54 Å². The Kier molecular flexibility index (Phi) is 4.30. The molecule has 0 bridgehead atoms. The molecule has 1 aromatic heterocycles. The van der Waals surface area contributed by atoms with Crippen molar-refractivity contribution in [1.82, 2.24) is 20.1 Å². The van der Waals surface area contributed by atoms with E-state index in [2.05, 4.69) is 20.3 Å². The predicted molar refractivity (Wildman–Crippen MR) is 49.9 cm³/mol. The van der Waals surface area contributed by atoms with Gasteiger partial charge in [-0.15, -0.1) is 10.2 Å². The normalized spacial score (nSPS) is 11.3. The first-order chi connectivity index (χ1) is 7.92. The first-order valence-corrected chi connectivity index (χ1v) is 4.76. The summed E-state index contributed by atoms with van der Waals surface area (Å²) in [5.74, 6) is 0.441. The second kappa shape index (κ2) is 5.51. The highest BCUT2D eigenvalue weighted by Crippen LogP contribution is 2.14. The van der Waals surface area contributed by atoms with Crippen LogP contribution in [0.3, 0.4) is 0 Å². The molecule has 0 aliphatic carbocycles. The van der Waals surface area contributed by atoms with Gasteiger partial charge in [-0.1, -0.05) is 0 Å². The number of alkyl halides is 3. The van der Waals surface area contributed by atoms with Crippen LogP contribution >= 0.6 is 0 Å². The van der Waals surface area contributed by atoms with Crippen molar-refractivity contribution in [3.05, 3.63) is 12.2 Å². The van der Waals surface area contributed by atoms with E-state index in [1.807, 2.05) is 6.92 Å². The second-order valence-corrected chi connectivity index (χ2v) is 3.08. The Balaban J connectivity index is 2.33. The van der Waals surface area contributed by atoms with Crippen LogP contribution < -0.4 is 5.32 Å². The highest BCUT2D eigenvalue weighted by molar-refractivity contribution is 5.67. The Labute approximate surface area is 94.8 Å². The maximum atomic E-state index is 11.7. The van der Waals surface area contributed by atoms with Crippen LogP contribution in [0, 0.1) is 0 Å².